The molecule has 1 aliphatic heterocycles. The summed E-state index contributed by atoms with van der Waals surface area (Å²) in [4.78, 5) is 0. The van der Waals surface area contributed by atoms with Crippen LogP contribution in [0.5, 0.6) is 11.5 Å². The van der Waals surface area contributed by atoms with E-state index in [1.54, 1.807) is 0 Å². The number of ether oxygens (including phenoxy) is 2. The second-order valence-corrected chi connectivity index (χ2v) is 3.77. The Balaban J connectivity index is 1.89. The number of fused-ring (bicyclic) bond motifs is 1. The minimum atomic E-state index is -0.00361. The fourth-order valence-corrected chi connectivity index (χ4v) is 1.85. The van der Waals surface area contributed by atoms with E-state index in [1.807, 2.05) is 42.5 Å². The van der Waals surface area contributed by atoms with Crippen LogP contribution in [0, 0.1) is 0 Å². The molecule has 0 fully saturated rings. The summed E-state index contributed by atoms with van der Waals surface area (Å²) in [7, 11) is 0. The van der Waals surface area contributed by atoms with Gasteiger partial charge in [-0.05, 0) is 17.7 Å². The Morgan fingerprint density at radius 3 is 2.31 bits per heavy atom. The van der Waals surface area contributed by atoms with Gasteiger partial charge in [0.2, 0.25) is 0 Å². The quantitative estimate of drug-likeness (QED) is 0.722. The van der Waals surface area contributed by atoms with E-state index in [1.165, 1.54) is 0 Å². The molecule has 1 unspecified atom stereocenters. The number of rotatable bonds is 1. The molecule has 0 aromatic heterocycles. The Bertz CT molecular complexity index is 479. The fourth-order valence-electron chi connectivity index (χ4n) is 1.85. The highest BCUT2D eigenvalue weighted by molar-refractivity contribution is 5.41. The highest BCUT2D eigenvalue weighted by atomic mass is 16.6. The van der Waals surface area contributed by atoms with Crippen LogP contribution in [0.4, 0.5) is 0 Å². The Kier molecular flexibility index (Phi) is 2.26. The Morgan fingerprint density at radius 2 is 1.50 bits per heavy atom. The largest absolute Gasteiger partial charge is 0.485 e. The molecule has 0 spiro atoms. The minimum absolute atomic E-state index is 0.00361. The maximum atomic E-state index is 5.89. The average molecular weight is 212 g/mol. The summed E-state index contributed by atoms with van der Waals surface area (Å²) < 4.78 is 11.6. The zero-order valence-electron chi connectivity index (χ0n) is 8.80. The molecule has 1 heterocycles. The van der Waals surface area contributed by atoms with Gasteiger partial charge >= 0.3 is 0 Å². The van der Waals surface area contributed by atoms with Gasteiger partial charge in [-0.1, -0.05) is 42.5 Å². The van der Waals surface area contributed by atoms with E-state index < -0.39 is 0 Å². The van der Waals surface area contributed by atoms with Crippen LogP contribution in [-0.2, 0) is 0 Å². The lowest BCUT2D eigenvalue weighted by Gasteiger charge is -2.26. The fraction of sp³-hybridized carbons (Fsp3) is 0.143. The van der Waals surface area contributed by atoms with Gasteiger partial charge in [-0.3, -0.25) is 0 Å². The standard InChI is InChI=1S/C14H12O2/c1-2-6-11(7-3-1)14-10-15-12-8-4-5-9-13(12)16-14/h1-9,14H,10H2. The summed E-state index contributed by atoms with van der Waals surface area (Å²) in [5.41, 5.74) is 1.15. The van der Waals surface area contributed by atoms with E-state index >= 15 is 0 Å². The highest BCUT2D eigenvalue weighted by Crippen LogP contribution is 2.35. The van der Waals surface area contributed by atoms with Gasteiger partial charge in [0.15, 0.2) is 17.6 Å². The molecule has 80 valence electrons. The van der Waals surface area contributed by atoms with Crippen molar-refractivity contribution in [3.63, 3.8) is 0 Å². The molecule has 0 radical (unpaired) electrons. The van der Waals surface area contributed by atoms with Crippen molar-refractivity contribution >= 4 is 0 Å². The van der Waals surface area contributed by atoms with Crippen molar-refractivity contribution in [3.8, 4) is 11.5 Å². The highest BCUT2D eigenvalue weighted by Gasteiger charge is 2.21. The van der Waals surface area contributed by atoms with Crippen molar-refractivity contribution in [2.24, 2.45) is 0 Å². The van der Waals surface area contributed by atoms with E-state index in [0.717, 1.165) is 17.1 Å². The maximum Gasteiger partial charge on any atom is 0.162 e. The predicted molar refractivity (Wildman–Crippen MR) is 61.7 cm³/mol. The molecule has 16 heavy (non-hydrogen) atoms. The van der Waals surface area contributed by atoms with Gasteiger partial charge < -0.3 is 9.47 Å². The maximum absolute atomic E-state index is 5.89. The molecular weight excluding hydrogens is 200 g/mol. The van der Waals surface area contributed by atoms with Crippen LogP contribution in [0.1, 0.15) is 11.7 Å². The zero-order valence-corrected chi connectivity index (χ0v) is 8.80. The smallest absolute Gasteiger partial charge is 0.162 e. The zero-order chi connectivity index (χ0) is 10.8. The summed E-state index contributed by atoms with van der Waals surface area (Å²) in [5.74, 6) is 1.65. The summed E-state index contributed by atoms with van der Waals surface area (Å²) in [6.45, 7) is 0.570. The lowest BCUT2D eigenvalue weighted by molar-refractivity contribution is 0.0913. The molecule has 2 nitrogen and oxygen atoms in total. The van der Waals surface area contributed by atoms with Crippen molar-refractivity contribution in [3.05, 3.63) is 60.2 Å². The third kappa shape index (κ3) is 1.63. The van der Waals surface area contributed by atoms with Gasteiger partial charge in [-0.25, -0.2) is 0 Å². The lowest BCUT2D eigenvalue weighted by atomic mass is 10.1. The molecule has 2 heteroatoms. The molecule has 0 amide bonds. The molecule has 3 rings (SSSR count). The lowest BCUT2D eigenvalue weighted by Crippen LogP contribution is -2.21. The summed E-state index contributed by atoms with van der Waals surface area (Å²) in [5, 5.41) is 0. The first-order valence-electron chi connectivity index (χ1n) is 5.37. The first-order valence-corrected chi connectivity index (χ1v) is 5.37. The van der Waals surface area contributed by atoms with Crippen LogP contribution in [-0.4, -0.2) is 6.61 Å². The van der Waals surface area contributed by atoms with E-state index in [-0.39, 0.29) is 6.10 Å². The molecule has 1 atom stereocenters. The third-order valence-electron chi connectivity index (χ3n) is 2.68. The Hall–Kier alpha value is -1.96. The third-order valence-corrected chi connectivity index (χ3v) is 2.68. The van der Waals surface area contributed by atoms with Gasteiger partial charge in [-0.15, -0.1) is 0 Å². The van der Waals surface area contributed by atoms with E-state index in [4.69, 9.17) is 9.47 Å². The van der Waals surface area contributed by atoms with Crippen LogP contribution >= 0.6 is 0 Å². The second-order valence-electron chi connectivity index (χ2n) is 3.77. The van der Waals surface area contributed by atoms with Crippen LogP contribution in [0.2, 0.25) is 0 Å². The molecule has 2 aromatic rings. The summed E-state index contributed by atoms with van der Waals surface area (Å²) in [6.07, 6.45) is -0.00361. The van der Waals surface area contributed by atoms with Crippen molar-refractivity contribution in [2.45, 2.75) is 6.10 Å². The predicted octanol–water partition coefficient (Wildman–Crippen LogP) is 3.20. The first kappa shape index (κ1) is 9.28. The van der Waals surface area contributed by atoms with Gasteiger partial charge in [-0.2, -0.15) is 0 Å². The molecule has 2 aromatic carbocycles. The van der Waals surface area contributed by atoms with Gasteiger partial charge in [0.25, 0.3) is 0 Å². The number of hydrogen-bond acceptors (Lipinski definition) is 2. The van der Waals surface area contributed by atoms with E-state index in [9.17, 15) is 0 Å². The SMILES string of the molecule is c1ccc(C2COc3ccccc3O2)cc1. The van der Waals surface area contributed by atoms with Crippen LogP contribution < -0.4 is 9.47 Å². The molecule has 0 N–H and O–H groups in total. The van der Waals surface area contributed by atoms with Gasteiger partial charge in [0.05, 0.1) is 0 Å². The van der Waals surface area contributed by atoms with Crippen molar-refractivity contribution < 1.29 is 9.47 Å². The van der Waals surface area contributed by atoms with E-state index in [2.05, 4.69) is 12.1 Å². The number of para-hydroxylation sites is 2. The first-order chi connectivity index (χ1) is 7.93. The Labute approximate surface area is 94.4 Å². The molecule has 0 bridgehead atoms. The van der Waals surface area contributed by atoms with Gasteiger partial charge in [0, 0.05) is 0 Å². The molecular formula is C14H12O2. The normalized spacial score (nSPS) is 18.1. The average Bonchev–Trinajstić information content (AvgIpc) is 2.39. The topological polar surface area (TPSA) is 18.5 Å². The number of hydrogen-bond donors (Lipinski definition) is 0. The van der Waals surface area contributed by atoms with Gasteiger partial charge in [0.1, 0.15) is 6.61 Å². The molecule has 0 aliphatic carbocycles. The van der Waals surface area contributed by atoms with Crippen LogP contribution in [0.15, 0.2) is 54.6 Å². The molecule has 0 saturated carbocycles. The van der Waals surface area contributed by atoms with Crippen molar-refractivity contribution in [1.82, 2.24) is 0 Å². The summed E-state index contributed by atoms with van der Waals surface area (Å²) in [6, 6.07) is 17.9. The van der Waals surface area contributed by atoms with Crippen LogP contribution in [0.3, 0.4) is 0 Å². The second kappa shape index (κ2) is 3.89. The van der Waals surface area contributed by atoms with Crippen molar-refractivity contribution in [2.75, 3.05) is 6.61 Å². The van der Waals surface area contributed by atoms with Crippen molar-refractivity contribution in [1.29, 1.82) is 0 Å². The van der Waals surface area contributed by atoms with Crippen LogP contribution in [0.25, 0.3) is 0 Å². The minimum Gasteiger partial charge on any atom is -0.485 e. The summed E-state index contributed by atoms with van der Waals surface area (Å²) >= 11 is 0. The Morgan fingerprint density at radius 1 is 0.812 bits per heavy atom. The number of benzene rings is 2. The monoisotopic (exact) mass is 212 g/mol. The van der Waals surface area contributed by atoms with E-state index in [0.29, 0.717) is 6.61 Å². The molecule has 1 aliphatic rings. The molecule has 0 saturated heterocycles.